The molecule has 0 aliphatic rings. The Bertz CT molecular complexity index is 1450. The number of carbonyl (C=O) groups is 2. The number of hydrogen-bond acceptors (Lipinski definition) is 5. The molecule has 8 nitrogen and oxygen atoms in total. The third kappa shape index (κ3) is 8.12. The Labute approximate surface area is 250 Å². The second kappa shape index (κ2) is 14.9. The van der Waals surface area contributed by atoms with E-state index in [0.29, 0.717) is 25.3 Å². The molecule has 2 amide bonds. The van der Waals surface area contributed by atoms with Crippen molar-refractivity contribution in [3.8, 4) is 5.75 Å². The standard InChI is InChI=1S/C33H43N3O5S/c1-7-29(33(38)34-21-24(3)4)35(22-27-14-10-9-13-26(27)6)32(37)23-36(30-15-11-12-16-31(30)41-8-2)42(39,40)28-19-17-25(5)18-20-28/h9-20,24,29H,7-8,21-23H2,1-6H3,(H,34,38)/t29-/m0/s1. The normalized spacial score (nSPS) is 12.1. The van der Waals surface area contributed by atoms with Crippen molar-refractivity contribution >= 4 is 27.5 Å². The first kappa shape index (κ1) is 32.7. The number of nitrogens with one attached hydrogen (secondary N) is 1. The molecule has 3 rings (SSSR count). The first-order valence-electron chi connectivity index (χ1n) is 14.4. The molecule has 0 aliphatic heterocycles. The molecule has 226 valence electrons. The SMILES string of the molecule is CCOc1ccccc1N(CC(=O)N(Cc1ccccc1C)[C@@H](CC)C(=O)NCC(C)C)S(=O)(=O)c1ccc(C)cc1. The van der Waals surface area contributed by atoms with Gasteiger partial charge in [0.25, 0.3) is 10.0 Å². The minimum atomic E-state index is -4.19. The summed E-state index contributed by atoms with van der Waals surface area (Å²) in [5, 5.41) is 2.96. The Kier molecular flexibility index (Phi) is 11.6. The lowest BCUT2D eigenvalue weighted by Gasteiger charge is -2.34. The van der Waals surface area contributed by atoms with Crippen LogP contribution < -0.4 is 14.4 Å². The number of anilines is 1. The summed E-state index contributed by atoms with van der Waals surface area (Å²) in [4.78, 5) is 29.2. The molecule has 9 heteroatoms. The number of aryl methyl sites for hydroxylation is 2. The zero-order chi connectivity index (χ0) is 30.9. The molecule has 0 fully saturated rings. The van der Waals surface area contributed by atoms with Gasteiger partial charge in [0, 0.05) is 13.1 Å². The minimum absolute atomic E-state index is 0.0550. The van der Waals surface area contributed by atoms with Crippen LogP contribution >= 0.6 is 0 Å². The van der Waals surface area contributed by atoms with Gasteiger partial charge in [-0.2, -0.15) is 0 Å². The predicted octanol–water partition coefficient (Wildman–Crippen LogP) is 5.48. The number of ether oxygens (including phenoxy) is 1. The van der Waals surface area contributed by atoms with Crippen molar-refractivity contribution in [2.75, 3.05) is 24.0 Å². The van der Waals surface area contributed by atoms with Crippen LogP contribution in [0.25, 0.3) is 0 Å². The average molecular weight is 594 g/mol. The molecule has 0 saturated carbocycles. The van der Waals surface area contributed by atoms with E-state index in [1.54, 1.807) is 36.4 Å². The van der Waals surface area contributed by atoms with Gasteiger partial charge >= 0.3 is 0 Å². The Morgan fingerprint density at radius 1 is 0.905 bits per heavy atom. The highest BCUT2D eigenvalue weighted by Gasteiger charge is 2.35. The smallest absolute Gasteiger partial charge is 0.264 e. The van der Waals surface area contributed by atoms with E-state index < -0.39 is 28.5 Å². The van der Waals surface area contributed by atoms with Gasteiger partial charge in [0.2, 0.25) is 11.8 Å². The van der Waals surface area contributed by atoms with Gasteiger partial charge in [-0.15, -0.1) is 0 Å². The van der Waals surface area contributed by atoms with Crippen molar-refractivity contribution in [2.24, 2.45) is 5.92 Å². The summed E-state index contributed by atoms with van der Waals surface area (Å²) in [6.07, 6.45) is 0.363. The summed E-state index contributed by atoms with van der Waals surface area (Å²) in [5.74, 6) is -0.185. The molecule has 0 bridgehead atoms. The van der Waals surface area contributed by atoms with Crippen LogP contribution in [0.5, 0.6) is 5.75 Å². The number of benzene rings is 3. The number of hydrogen-bond donors (Lipinski definition) is 1. The van der Waals surface area contributed by atoms with E-state index >= 15 is 0 Å². The van der Waals surface area contributed by atoms with Crippen molar-refractivity contribution in [2.45, 2.75) is 65.4 Å². The van der Waals surface area contributed by atoms with Crippen molar-refractivity contribution in [1.29, 1.82) is 0 Å². The summed E-state index contributed by atoms with van der Waals surface area (Å²) < 4.78 is 35.2. The van der Waals surface area contributed by atoms with E-state index in [1.807, 2.05) is 65.8 Å². The van der Waals surface area contributed by atoms with Gasteiger partial charge in [-0.25, -0.2) is 8.42 Å². The number of carbonyl (C=O) groups excluding carboxylic acids is 2. The molecule has 1 atom stereocenters. The van der Waals surface area contributed by atoms with Crippen LogP contribution in [-0.4, -0.2) is 50.9 Å². The van der Waals surface area contributed by atoms with E-state index in [4.69, 9.17) is 4.74 Å². The van der Waals surface area contributed by atoms with Gasteiger partial charge in [0.1, 0.15) is 18.3 Å². The maximum absolute atomic E-state index is 14.3. The van der Waals surface area contributed by atoms with Gasteiger partial charge in [0.15, 0.2) is 0 Å². The number of nitrogens with zero attached hydrogens (tertiary/aromatic N) is 2. The molecule has 0 radical (unpaired) electrons. The molecule has 0 aliphatic carbocycles. The molecule has 42 heavy (non-hydrogen) atoms. The van der Waals surface area contributed by atoms with Gasteiger partial charge in [0.05, 0.1) is 17.2 Å². The maximum atomic E-state index is 14.3. The van der Waals surface area contributed by atoms with E-state index in [0.717, 1.165) is 21.0 Å². The van der Waals surface area contributed by atoms with Crippen molar-refractivity contribution < 1.29 is 22.7 Å². The molecule has 0 saturated heterocycles. The topological polar surface area (TPSA) is 96.0 Å². The Morgan fingerprint density at radius 2 is 1.55 bits per heavy atom. The Balaban J connectivity index is 2.11. The third-order valence-electron chi connectivity index (χ3n) is 6.99. The van der Waals surface area contributed by atoms with Crippen LogP contribution in [0.3, 0.4) is 0 Å². The first-order valence-corrected chi connectivity index (χ1v) is 15.9. The second-order valence-electron chi connectivity index (χ2n) is 10.7. The van der Waals surface area contributed by atoms with E-state index in [1.165, 1.54) is 17.0 Å². The highest BCUT2D eigenvalue weighted by Crippen LogP contribution is 2.33. The largest absolute Gasteiger partial charge is 0.492 e. The van der Waals surface area contributed by atoms with Gasteiger partial charge < -0.3 is 15.0 Å². The Morgan fingerprint density at radius 3 is 2.17 bits per heavy atom. The molecular formula is C33H43N3O5S. The molecule has 0 unspecified atom stereocenters. The lowest BCUT2D eigenvalue weighted by molar-refractivity contribution is -0.140. The van der Waals surface area contributed by atoms with Crippen molar-refractivity contribution in [3.63, 3.8) is 0 Å². The van der Waals surface area contributed by atoms with Crippen LogP contribution in [-0.2, 0) is 26.2 Å². The zero-order valence-electron chi connectivity index (χ0n) is 25.5. The number of para-hydroxylation sites is 2. The zero-order valence-corrected chi connectivity index (χ0v) is 26.3. The molecule has 0 heterocycles. The fourth-order valence-corrected chi connectivity index (χ4v) is 6.03. The van der Waals surface area contributed by atoms with Crippen molar-refractivity contribution in [1.82, 2.24) is 10.2 Å². The molecule has 3 aromatic carbocycles. The fourth-order valence-electron chi connectivity index (χ4n) is 4.60. The average Bonchev–Trinajstić information content (AvgIpc) is 2.96. The molecule has 3 aromatic rings. The Hall–Kier alpha value is -3.85. The van der Waals surface area contributed by atoms with E-state index in [9.17, 15) is 18.0 Å². The number of rotatable bonds is 14. The summed E-state index contributed by atoms with van der Waals surface area (Å²) >= 11 is 0. The van der Waals surface area contributed by atoms with Gasteiger partial charge in [-0.05, 0) is 68.5 Å². The van der Waals surface area contributed by atoms with Crippen LogP contribution in [0.4, 0.5) is 5.69 Å². The lowest BCUT2D eigenvalue weighted by Crippen LogP contribution is -2.52. The van der Waals surface area contributed by atoms with Gasteiger partial charge in [-0.3, -0.25) is 13.9 Å². The minimum Gasteiger partial charge on any atom is -0.492 e. The number of amides is 2. The molecular weight excluding hydrogens is 550 g/mol. The van der Waals surface area contributed by atoms with Crippen molar-refractivity contribution in [3.05, 3.63) is 89.5 Å². The van der Waals surface area contributed by atoms with Crippen LogP contribution in [0.15, 0.2) is 77.7 Å². The highest BCUT2D eigenvalue weighted by molar-refractivity contribution is 7.92. The van der Waals surface area contributed by atoms with Crippen LogP contribution in [0.2, 0.25) is 0 Å². The number of sulfonamides is 1. The lowest BCUT2D eigenvalue weighted by atomic mass is 10.1. The fraction of sp³-hybridized carbons (Fsp3) is 0.394. The summed E-state index contributed by atoms with van der Waals surface area (Å²) in [6, 6.07) is 20.2. The van der Waals surface area contributed by atoms with E-state index in [-0.39, 0.29) is 29.0 Å². The quantitative estimate of drug-likeness (QED) is 0.267. The maximum Gasteiger partial charge on any atom is 0.264 e. The molecule has 0 spiro atoms. The monoisotopic (exact) mass is 593 g/mol. The summed E-state index contributed by atoms with van der Waals surface area (Å²) in [7, 11) is -4.19. The first-order chi connectivity index (χ1) is 20.0. The highest BCUT2D eigenvalue weighted by atomic mass is 32.2. The predicted molar refractivity (Wildman–Crippen MR) is 167 cm³/mol. The van der Waals surface area contributed by atoms with Gasteiger partial charge in [-0.1, -0.05) is 74.9 Å². The third-order valence-corrected chi connectivity index (χ3v) is 8.77. The summed E-state index contributed by atoms with van der Waals surface area (Å²) in [5.41, 5.74) is 3.01. The van der Waals surface area contributed by atoms with Crippen LogP contribution in [0, 0.1) is 19.8 Å². The molecule has 0 aromatic heterocycles. The van der Waals surface area contributed by atoms with Crippen LogP contribution in [0.1, 0.15) is 50.8 Å². The summed E-state index contributed by atoms with van der Waals surface area (Å²) in [6.45, 7) is 11.9. The van der Waals surface area contributed by atoms with E-state index in [2.05, 4.69) is 5.32 Å². The molecule has 1 N–H and O–H groups in total. The second-order valence-corrected chi connectivity index (χ2v) is 12.6.